The maximum absolute atomic E-state index is 12.5. The number of aryl methyl sites for hydroxylation is 2. The summed E-state index contributed by atoms with van der Waals surface area (Å²) in [6.45, 7) is 5.29. The lowest BCUT2D eigenvalue weighted by molar-refractivity contribution is 0.425. The van der Waals surface area contributed by atoms with Crippen molar-refractivity contribution in [2.75, 3.05) is 37.2 Å². The fraction of sp³-hybridized carbons (Fsp3) is 0.375. The third-order valence-corrected chi connectivity index (χ3v) is 4.90. The van der Waals surface area contributed by atoms with E-state index >= 15 is 0 Å². The van der Waals surface area contributed by atoms with Crippen LogP contribution in [-0.4, -0.2) is 50.7 Å². The monoisotopic (exact) mass is 349 g/mol. The number of nitrogens with one attached hydrogen (secondary N) is 2. The molecule has 2 N–H and O–H groups in total. The average Bonchev–Trinajstić information content (AvgIpc) is 2.48. The molecule has 8 heteroatoms. The lowest BCUT2D eigenvalue weighted by atomic mass is 10.2. The Bertz CT molecular complexity index is 789. The molecule has 0 unspecified atom stereocenters. The van der Waals surface area contributed by atoms with E-state index in [-0.39, 0.29) is 10.7 Å². The number of benzene rings is 1. The first-order valence-corrected chi connectivity index (χ1v) is 9.08. The molecule has 0 fully saturated rings. The zero-order valence-corrected chi connectivity index (χ0v) is 15.2. The largest absolute Gasteiger partial charge is 0.367 e. The highest BCUT2D eigenvalue weighted by atomic mass is 32.2. The first-order chi connectivity index (χ1) is 11.3. The van der Waals surface area contributed by atoms with E-state index in [4.69, 9.17) is 0 Å². The molecule has 0 amide bonds. The predicted molar refractivity (Wildman–Crippen MR) is 95.8 cm³/mol. The Morgan fingerprint density at radius 2 is 1.71 bits per heavy atom. The van der Waals surface area contributed by atoms with Crippen molar-refractivity contribution in [3.05, 3.63) is 41.5 Å². The van der Waals surface area contributed by atoms with Gasteiger partial charge in [0.2, 0.25) is 0 Å². The Hall–Kier alpha value is -2.19. The molecule has 7 nitrogen and oxygen atoms in total. The maximum Gasteiger partial charge on any atom is 0.263 e. The molecule has 0 saturated carbocycles. The minimum atomic E-state index is -3.68. The van der Waals surface area contributed by atoms with Crippen molar-refractivity contribution >= 4 is 21.7 Å². The number of hydrogen-bond acceptors (Lipinski definition) is 6. The minimum Gasteiger partial charge on any atom is -0.367 e. The number of nitrogens with zero attached hydrogens (tertiary/aromatic N) is 3. The van der Waals surface area contributed by atoms with E-state index in [1.807, 2.05) is 32.0 Å². The van der Waals surface area contributed by atoms with Gasteiger partial charge in [-0.3, -0.25) is 4.72 Å². The van der Waals surface area contributed by atoms with Crippen LogP contribution in [0.25, 0.3) is 0 Å². The molecule has 130 valence electrons. The second-order valence-electron chi connectivity index (χ2n) is 5.91. The van der Waals surface area contributed by atoms with Gasteiger partial charge in [0.25, 0.3) is 10.0 Å². The van der Waals surface area contributed by atoms with Crippen molar-refractivity contribution in [3.63, 3.8) is 0 Å². The van der Waals surface area contributed by atoms with Crippen LogP contribution < -0.4 is 10.0 Å². The molecule has 1 aromatic heterocycles. The predicted octanol–water partition coefficient (Wildman–Crippen LogP) is 1.87. The van der Waals surface area contributed by atoms with Crippen LogP contribution in [0.5, 0.6) is 0 Å². The zero-order chi connectivity index (χ0) is 17.7. The van der Waals surface area contributed by atoms with Crippen LogP contribution in [0.3, 0.4) is 0 Å². The normalized spacial score (nSPS) is 11.5. The van der Waals surface area contributed by atoms with Gasteiger partial charge in [0.05, 0.1) is 4.90 Å². The third-order valence-electron chi connectivity index (χ3n) is 3.39. The molecule has 1 aromatic carbocycles. The lowest BCUT2D eigenvalue weighted by Gasteiger charge is -2.12. The van der Waals surface area contributed by atoms with Gasteiger partial charge in [-0.25, -0.2) is 8.42 Å². The van der Waals surface area contributed by atoms with Gasteiger partial charge < -0.3 is 10.2 Å². The first kappa shape index (κ1) is 18.2. The fourth-order valence-corrected chi connectivity index (χ4v) is 3.41. The molecule has 0 aliphatic heterocycles. The molecule has 0 spiro atoms. The van der Waals surface area contributed by atoms with E-state index in [1.165, 1.54) is 0 Å². The summed E-state index contributed by atoms with van der Waals surface area (Å²) in [7, 11) is 0.287. The Balaban J connectivity index is 2.07. The third kappa shape index (κ3) is 4.90. The van der Waals surface area contributed by atoms with Gasteiger partial charge >= 0.3 is 0 Å². The molecule has 0 radical (unpaired) electrons. The van der Waals surface area contributed by atoms with Crippen molar-refractivity contribution in [3.8, 4) is 0 Å². The summed E-state index contributed by atoms with van der Waals surface area (Å²) in [5.74, 6) is 0.791. The Labute approximate surface area is 143 Å². The van der Waals surface area contributed by atoms with E-state index in [0.29, 0.717) is 11.4 Å². The van der Waals surface area contributed by atoms with Crippen LogP contribution in [0.2, 0.25) is 0 Å². The van der Waals surface area contributed by atoms with Crippen molar-refractivity contribution < 1.29 is 8.42 Å². The number of anilines is 2. The smallest absolute Gasteiger partial charge is 0.263 e. The summed E-state index contributed by atoms with van der Waals surface area (Å²) in [6, 6.07) is 8.48. The van der Waals surface area contributed by atoms with E-state index in [2.05, 4.69) is 20.2 Å². The molecular weight excluding hydrogens is 326 g/mol. The Morgan fingerprint density at radius 1 is 1.04 bits per heavy atom. The van der Waals surface area contributed by atoms with Gasteiger partial charge in [0.15, 0.2) is 5.82 Å². The molecule has 2 rings (SSSR count). The summed E-state index contributed by atoms with van der Waals surface area (Å²) in [5, 5.41) is 11.0. The van der Waals surface area contributed by atoms with Gasteiger partial charge in [-0.2, -0.15) is 0 Å². The number of likely N-dealkylation sites (N-methyl/N-ethyl adjacent to an activating group) is 1. The van der Waals surface area contributed by atoms with Crippen LogP contribution >= 0.6 is 0 Å². The summed E-state index contributed by atoms with van der Waals surface area (Å²) in [4.78, 5) is 2.29. The average molecular weight is 349 g/mol. The second-order valence-corrected chi connectivity index (χ2v) is 7.56. The second kappa shape index (κ2) is 7.59. The topological polar surface area (TPSA) is 87.2 Å². The van der Waals surface area contributed by atoms with Gasteiger partial charge in [0.1, 0.15) is 5.82 Å². The first-order valence-electron chi connectivity index (χ1n) is 7.60. The Kier molecular flexibility index (Phi) is 5.74. The quantitative estimate of drug-likeness (QED) is 0.793. The summed E-state index contributed by atoms with van der Waals surface area (Å²) in [5.41, 5.74) is 1.71. The van der Waals surface area contributed by atoms with Crippen LogP contribution in [0.15, 0.2) is 35.2 Å². The molecule has 2 aromatic rings. The van der Waals surface area contributed by atoms with Crippen molar-refractivity contribution in [1.82, 2.24) is 15.1 Å². The van der Waals surface area contributed by atoms with Crippen LogP contribution in [0, 0.1) is 13.8 Å². The molecule has 0 aliphatic carbocycles. The number of sulfonamides is 1. The molecule has 0 aliphatic rings. The molecule has 1 heterocycles. The summed E-state index contributed by atoms with van der Waals surface area (Å²) < 4.78 is 27.4. The van der Waals surface area contributed by atoms with Crippen LogP contribution in [0.1, 0.15) is 11.1 Å². The van der Waals surface area contributed by atoms with Crippen LogP contribution in [0.4, 0.5) is 11.6 Å². The van der Waals surface area contributed by atoms with Gasteiger partial charge in [0, 0.05) is 13.1 Å². The highest BCUT2D eigenvalue weighted by Crippen LogP contribution is 2.19. The van der Waals surface area contributed by atoms with E-state index < -0.39 is 10.0 Å². The standard InChI is InChI=1S/C16H23N5O2S/c1-12-5-6-14(13(2)11-12)24(22,23)20-16-8-7-15(18-19-16)17-9-10-21(3)4/h5-8,11H,9-10H2,1-4H3,(H,17,18)(H,19,20). The summed E-state index contributed by atoms with van der Waals surface area (Å²) in [6.07, 6.45) is 0. The number of hydrogen-bond donors (Lipinski definition) is 2. The van der Waals surface area contributed by atoms with Gasteiger partial charge in [-0.1, -0.05) is 17.7 Å². The molecule has 0 bridgehead atoms. The van der Waals surface area contributed by atoms with Crippen molar-refractivity contribution in [2.45, 2.75) is 18.7 Å². The molecule has 0 atom stereocenters. The van der Waals surface area contributed by atoms with Gasteiger partial charge in [-0.15, -0.1) is 10.2 Å². The fourth-order valence-electron chi connectivity index (χ4n) is 2.18. The number of aromatic nitrogens is 2. The van der Waals surface area contributed by atoms with Gasteiger partial charge in [-0.05, 0) is 51.7 Å². The van der Waals surface area contributed by atoms with Crippen molar-refractivity contribution in [2.24, 2.45) is 0 Å². The minimum absolute atomic E-state index is 0.188. The zero-order valence-electron chi connectivity index (χ0n) is 14.4. The SMILES string of the molecule is Cc1ccc(S(=O)(=O)Nc2ccc(NCCN(C)C)nn2)c(C)c1. The Morgan fingerprint density at radius 3 is 2.29 bits per heavy atom. The molecule has 24 heavy (non-hydrogen) atoms. The summed E-state index contributed by atoms with van der Waals surface area (Å²) >= 11 is 0. The van der Waals surface area contributed by atoms with E-state index in [0.717, 1.165) is 18.7 Å². The van der Waals surface area contributed by atoms with E-state index in [1.54, 1.807) is 31.2 Å². The van der Waals surface area contributed by atoms with E-state index in [9.17, 15) is 8.42 Å². The molecule has 0 saturated heterocycles. The highest BCUT2D eigenvalue weighted by Gasteiger charge is 2.17. The highest BCUT2D eigenvalue weighted by molar-refractivity contribution is 7.92. The van der Waals surface area contributed by atoms with Crippen LogP contribution in [-0.2, 0) is 10.0 Å². The number of rotatable bonds is 7. The maximum atomic E-state index is 12.5. The lowest BCUT2D eigenvalue weighted by Crippen LogP contribution is -2.21. The van der Waals surface area contributed by atoms with Crippen molar-refractivity contribution in [1.29, 1.82) is 0 Å². The molecular formula is C16H23N5O2S.